The number of piperidine rings is 1. The van der Waals surface area contributed by atoms with Gasteiger partial charge in [0.2, 0.25) is 0 Å². The summed E-state index contributed by atoms with van der Waals surface area (Å²) >= 11 is 0. The predicted molar refractivity (Wildman–Crippen MR) is 45.0 cm³/mol. The van der Waals surface area contributed by atoms with E-state index in [1.54, 1.807) is 4.90 Å². The van der Waals surface area contributed by atoms with E-state index in [0.717, 1.165) is 12.8 Å². The fourth-order valence-electron chi connectivity index (χ4n) is 2.28. The zero-order chi connectivity index (χ0) is 8.72. The Morgan fingerprint density at radius 3 is 2.58 bits per heavy atom. The molecular weight excluding hydrogens is 154 g/mol. The third-order valence-corrected chi connectivity index (χ3v) is 3.01. The number of hydrogen-bond acceptors (Lipinski definition) is 1. The highest BCUT2D eigenvalue weighted by Gasteiger charge is 2.38. The molecule has 2 aliphatic heterocycles. The Bertz CT molecular complexity index is 237. The molecule has 0 spiro atoms. The smallest absolute Gasteiger partial charge is 0.408 e. The van der Waals surface area contributed by atoms with E-state index in [0.29, 0.717) is 5.92 Å². The van der Waals surface area contributed by atoms with Crippen molar-refractivity contribution in [1.82, 2.24) is 4.90 Å². The van der Waals surface area contributed by atoms with Crippen LogP contribution in [0.5, 0.6) is 0 Å². The number of fused-ring (bicyclic) bond motifs is 2. The summed E-state index contributed by atoms with van der Waals surface area (Å²) < 4.78 is 0. The van der Waals surface area contributed by atoms with E-state index >= 15 is 0 Å². The fourth-order valence-corrected chi connectivity index (χ4v) is 2.28. The van der Waals surface area contributed by atoms with Gasteiger partial charge in [0.25, 0.3) is 0 Å². The van der Waals surface area contributed by atoms with Crippen LogP contribution in [0.3, 0.4) is 0 Å². The monoisotopic (exact) mass is 167 g/mol. The average molecular weight is 167 g/mol. The lowest BCUT2D eigenvalue weighted by Gasteiger charge is -2.45. The van der Waals surface area contributed by atoms with Crippen molar-refractivity contribution in [2.24, 2.45) is 5.92 Å². The van der Waals surface area contributed by atoms with Crippen LogP contribution in [-0.2, 0) is 0 Å². The molecule has 0 aromatic rings. The van der Waals surface area contributed by atoms with E-state index in [2.05, 4.69) is 6.08 Å². The summed E-state index contributed by atoms with van der Waals surface area (Å²) in [7, 11) is 0. The molecule has 0 radical (unpaired) electrons. The summed E-state index contributed by atoms with van der Waals surface area (Å²) in [5, 5.41) is 8.92. The third-order valence-electron chi connectivity index (χ3n) is 3.01. The Morgan fingerprint density at radius 2 is 2.25 bits per heavy atom. The molecule has 0 aromatic heterocycles. The fraction of sp³-hybridized carbons (Fsp3) is 0.667. The van der Waals surface area contributed by atoms with Gasteiger partial charge >= 0.3 is 6.09 Å². The molecule has 1 N–H and O–H groups in total. The summed E-state index contributed by atoms with van der Waals surface area (Å²) in [6.07, 6.45) is 5.56. The second-order valence-corrected chi connectivity index (χ2v) is 3.62. The van der Waals surface area contributed by atoms with Crippen molar-refractivity contribution >= 4 is 6.09 Å². The second-order valence-electron chi connectivity index (χ2n) is 3.62. The van der Waals surface area contributed by atoms with Crippen LogP contribution in [-0.4, -0.2) is 28.2 Å². The van der Waals surface area contributed by atoms with Gasteiger partial charge in [0.15, 0.2) is 0 Å². The minimum atomic E-state index is -0.776. The molecule has 3 nitrogen and oxygen atoms in total. The Kier molecular flexibility index (Phi) is 1.60. The number of rotatable bonds is 0. The van der Waals surface area contributed by atoms with E-state index in [1.807, 2.05) is 13.0 Å². The van der Waals surface area contributed by atoms with Crippen LogP contribution in [0.15, 0.2) is 12.2 Å². The minimum absolute atomic E-state index is 0.141. The number of carboxylic acid groups (broad SMARTS) is 1. The topological polar surface area (TPSA) is 40.5 Å². The molecule has 3 unspecified atom stereocenters. The van der Waals surface area contributed by atoms with Crippen molar-refractivity contribution in [2.45, 2.75) is 31.8 Å². The van der Waals surface area contributed by atoms with Crippen LogP contribution in [0.25, 0.3) is 0 Å². The maximum Gasteiger partial charge on any atom is 0.408 e. The van der Waals surface area contributed by atoms with Gasteiger partial charge in [0, 0.05) is 6.04 Å². The summed E-state index contributed by atoms with van der Waals surface area (Å²) in [6, 6.07) is 0.314. The molecule has 1 fully saturated rings. The average Bonchev–Trinajstić information content (AvgIpc) is 2.05. The lowest BCUT2D eigenvalue weighted by molar-refractivity contribution is 0.0671. The van der Waals surface area contributed by atoms with Gasteiger partial charge < -0.3 is 5.11 Å². The van der Waals surface area contributed by atoms with E-state index in [1.165, 1.54) is 0 Å². The number of amides is 1. The van der Waals surface area contributed by atoms with Gasteiger partial charge in [-0.25, -0.2) is 4.79 Å². The maximum atomic E-state index is 10.8. The molecule has 12 heavy (non-hydrogen) atoms. The van der Waals surface area contributed by atoms with Crippen LogP contribution >= 0.6 is 0 Å². The molecule has 3 aliphatic rings. The Balaban J connectivity index is 2.26. The van der Waals surface area contributed by atoms with Gasteiger partial charge in [-0.05, 0) is 25.7 Å². The van der Waals surface area contributed by atoms with Crippen LogP contribution in [0.4, 0.5) is 4.79 Å². The Labute approximate surface area is 71.7 Å². The zero-order valence-electron chi connectivity index (χ0n) is 7.10. The summed E-state index contributed by atoms with van der Waals surface area (Å²) in [5.41, 5.74) is 0. The summed E-state index contributed by atoms with van der Waals surface area (Å²) in [4.78, 5) is 12.4. The standard InChI is InChI=1S/C9H13NO2/c1-6-7-2-4-8(5-3-7)10(6)9(11)12/h2,4,6-8H,3,5H2,1H3,(H,11,12). The lowest BCUT2D eigenvalue weighted by atomic mass is 9.81. The second kappa shape index (κ2) is 2.51. The van der Waals surface area contributed by atoms with E-state index in [4.69, 9.17) is 5.11 Å². The Morgan fingerprint density at radius 1 is 1.50 bits per heavy atom. The van der Waals surface area contributed by atoms with Crippen molar-refractivity contribution in [3.05, 3.63) is 12.2 Å². The highest BCUT2D eigenvalue weighted by atomic mass is 16.4. The van der Waals surface area contributed by atoms with Crippen LogP contribution in [0, 0.1) is 5.92 Å². The van der Waals surface area contributed by atoms with Gasteiger partial charge in [-0.15, -0.1) is 0 Å². The first-order valence-electron chi connectivity index (χ1n) is 4.39. The predicted octanol–water partition coefficient (Wildman–Crippen LogP) is 1.70. The van der Waals surface area contributed by atoms with E-state index < -0.39 is 6.09 Å². The highest BCUT2D eigenvalue weighted by Crippen LogP contribution is 2.34. The first kappa shape index (κ1) is 7.65. The molecule has 1 aliphatic carbocycles. The molecule has 0 aromatic carbocycles. The van der Waals surface area contributed by atoms with Crippen molar-refractivity contribution < 1.29 is 9.90 Å². The van der Waals surface area contributed by atoms with Crippen molar-refractivity contribution in [2.75, 3.05) is 0 Å². The first-order chi connectivity index (χ1) is 5.70. The van der Waals surface area contributed by atoms with Crippen LogP contribution in [0.2, 0.25) is 0 Å². The van der Waals surface area contributed by atoms with Gasteiger partial charge in [0.05, 0.1) is 6.04 Å². The number of carbonyl (C=O) groups is 1. The number of nitrogens with zero attached hydrogens (tertiary/aromatic N) is 1. The van der Waals surface area contributed by atoms with Crippen LogP contribution < -0.4 is 0 Å². The lowest BCUT2D eigenvalue weighted by Crippen LogP contribution is -2.53. The third kappa shape index (κ3) is 0.924. The normalized spacial score (nSPS) is 38.8. The van der Waals surface area contributed by atoms with Crippen molar-refractivity contribution in [3.8, 4) is 0 Å². The molecule has 1 amide bonds. The maximum absolute atomic E-state index is 10.8. The van der Waals surface area contributed by atoms with E-state index in [9.17, 15) is 4.79 Å². The Hall–Kier alpha value is -0.990. The SMILES string of the molecule is CC1C2C=CC(CC2)N1C(=O)O. The van der Waals surface area contributed by atoms with Crippen LogP contribution in [0.1, 0.15) is 19.8 Å². The van der Waals surface area contributed by atoms with E-state index in [-0.39, 0.29) is 12.1 Å². The zero-order valence-corrected chi connectivity index (χ0v) is 7.10. The molecule has 0 saturated carbocycles. The van der Waals surface area contributed by atoms with Gasteiger partial charge in [-0.3, -0.25) is 4.90 Å². The molecule has 2 bridgehead atoms. The van der Waals surface area contributed by atoms with Crippen molar-refractivity contribution in [1.29, 1.82) is 0 Å². The largest absolute Gasteiger partial charge is 0.465 e. The molecule has 3 atom stereocenters. The quantitative estimate of drug-likeness (QED) is 0.558. The summed E-state index contributed by atoms with van der Waals surface area (Å²) in [6.45, 7) is 1.99. The molecule has 3 heteroatoms. The molecular formula is C9H13NO2. The molecule has 3 rings (SSSR count). The van der Waals surface area contributed by atoms with Gasteiger partial charge in [-0.2, -0.15) is 0 Å². The number of hydrogen-bond donors (Lipinski definition) is 1. The van der Waals surface area contributed by atoms with Gasteiger partial charge in [0.1, 0.15) is 0 Å². The van der Waals surface area contributed by atoms with Gasteiger partial charge in [-0.1, -0.05) is 12.2 Å². The molecule has 1 saturated heterocycles. The first-order valence-corrected chi connectivity index (χ1v) is 4.39. The molecule has 2 heterocycles. The molecule has 66 valence electrons. The van der Waals surface area contributed by atoms with Crippen molar-refractivity contribution in [3.63, 3.8) is 0 Å². The summed E-state index contributed by atoms with van der Waals surface area (Å²) in [5.74, 6) is 0.450. The highest BCUT2D eigenvalue weighted by molar-refractivity contribution is 5.67. The minimum Gasteiger partial charge on any atom is -0.465 e.